The molecule has 2 aromatic rings. The van der Waals surface area contributed by atoms with Crippen LogP contribution < -0.4 is 10.1 Å². The van der Waals surface area contributed by atoms with Crippen LogP contribution in [0.1, 0.15) is 30.0 Å². The topological polar surface area (TPSA) is 34.1 Å². The number of nitrogens with one attached hydrogen (secondary N) is 1. The highest BCUT2D eigenvalue weighted by Gasteiger charge is 2.05. The number of rotatable bonds is 7. The maximum absolute atomic E-state index is 5.33. The maximum Gasteiger partial charge on any atom is 0.119 e. The van der Waals surface area contributed by atoms with Crippen LogP contribution in [0.2, 0.25) is 0 Å². The Kier molecular flexibility index (Phi) is 5.56. The Morgan fingerprint density at radius 1 is 1.10 bits per heavy atom. The molecule has 0 aliphatic rings. The lowest BCUT2D eigenvalue weighted by atomic mass is 10.00. The van der Waals surface area contributed by atoms with Crippen LogP contribution in [0.15, 0.2) is 42.7 Å². The minimum atomic E-state index is 0.880. The van der Waals surface area contributed by atoms with Crippen molar-refractivity contribution in [2.24, 2.45) is 0 Å². The van der Waals surface area contributed by atoms with E-state index < -0.39 is 0 Å². The molecule has 0 radical (unpaired) electrons. The first-order valence-electron chi connectivity index (χ1n) is 7.09. The molecule has 0 aliphatic heterocycles. The molecule has 0 bridgehead atoms. The van der Waals surface area contributed by atoms with Gasteiger partial charge in [0.1, 0.15) is 5.75 Å². The first kappa shape index (κ1) is 14.5. The third kappa shape index (κ3) is 4.07. The summed E-state index contributed by atoms with van der Waals surface area (Å²) >= 11 is 0. The summed E-state index contributed by atoms with van der Waals surface area (Å²) in [5.74, 6) is 0.914. The van der Waals surface area contributed by atoms with Crippen LogP contribution in [0.5, 0.6) is 5.75 Å². The van der Waals surface area contributed by atoms with Gasteiger partial charge in [0.25, 0.3) is 0 Å². The predicted octanol–water partition coefficient (Wildman–Crippen LogP) is 3.18. The van der Waals surface area contributed by atoms with E-state index in [-0.39, 0.29) is 0 Å². The van der Waals surface area contributed by atoms with Crippen molar-refractivity contribution in [2.45, 2.75) is 26.3 Å². The molecule has 3 heteroatoms. The van der Waals surface area contributed by atoms with Crippen molar-refractivity contribution in [3.8, 4) is 5.75 Å². The number of ether oxygens (including phenoxy) is 1. The Balaban J connectivity index is 2.17. The minimum Gasteiger partial charge on any atom is -0.497 e. The molecule has 20 heavy (non-hydrogen) atoms. The highest BCUT2D eigenvalue weighted by molar-refractivity contribution is 5.38. The second-order valence-electron chi connectivity index (χ2n) is 4.84. The summed E-state index contributed by atoms with van der Waals surface area (Å²) in [4.78, 5) is 4.07. The standard InChI is InChI=1S/C17H22N2O/c1-3-8-19-13-16-12-17(20-2)5-4-15(16)11-14-6-9-18-10-7-14/h4-7,9-10,12,19H,3,8,11,13H2,1-2H3. The molecule has 1 aromatic carbocycles. The van der Waals surface area contributed by atoms with Crippen LogP contribution in [-0.4, -0.2) is 18.6 Å². The van der Waals surface area contributed by atoms with E-state index in [4.69, 9.17) is 4.74 Å². The summed E-state index contributed by atoms with van der Waals surface area (Å²) in [6, 6.07) is 10.4. The quantitative estimate of drug-likeness (QED) is 0.785. The lowest BCUT2D eigenvalue weighted by Gasteiger charge is -2.12. The van der Waals surface area contributed by atoms with Crippen LogP contribution in [0.4, 0.5) is 0 Å². The molecule has 3 nitrogen and oxygen atoms in total. The third-order valence-corrected chi connectivity index (χ3v) is 3.30. The monoisotopic (exact) mass is 270 g/mol. The molecule has 0 unspecified atom stereocenters. The van der Waals surface area contributed by atoms with Crippen LogP contribution in [0.3, 0.4) is 0 Å². The molecule has 0 spiro atoms. The Morgan fingerprint density at radius 2 is 1.90 bits per heavy atom. The highest BCUT2D eigenvalue weighted by Crippen LogP contribution is 2.20. The van der Waals surface area contributed by atoms with Crippen molar-refractivity contribution in [3.63, 3.8) is 0 Å². The molecule has 0 saturated heterocycles. The molecule has 1 heterocycles. The van der Waals surface area contributed by atoms with Gasteiger partial charge in [-0.05, 0) is 60.3 Å². The smallest absolute Gasteiger partial charge is 0.119 e. The molecule has 1 aromatic heterocycles. The average molecular weight is 270 g/mol. The van der Waals surface area contributed by atoms with E-state index in [1.807, 2.05) is 18.5 Å². The van der Waals surface area contributed by atoms with Gasteiger partial charge < -0.3 is 10.1 Å². The number of aromatic nitrogens is 1. The Morgan fingerprint density at radius 3 is 2.60 bits per heavy atom. The number of nitrogens with zero attached hydrogens (tertiary/aromatic N) is 1. The molecular weight excluding hydrogens is 248 g/mol. The summed E-state index contributed by atoms with van der Waals surface area (Å²) in [7, 11) is 1.71. The number of hydrogen-bond acceptors (Lipinski definition) is 3. The van der Waals surface area contributed by atoms with Gasteiger partial charge in [-0.15, -0.1) is 0 Å². The van der Waals surface area contributed by atoms with E-state index in [2.05, 4.69) is 41.5 Å². The first-order valence-corrected chi connectivity index (χ1v) is 7.09. The molecule has 0 aliphatic carbocycles. The Labute approximate surface area is 121 Å². The van der Waals surface area contributed by atoms with Gasteiger partial charge in [0, 0.05) is 18.9 Å². The fourth-order valence-electron chi connectivity index (χ4n) is 2.19. The molecule has 2 rings (SSSR count). The van der Waals surface area contributed by atoms with E-state index in [1.165, 1.54) is 16.7 Å². The van der Waals surface area contributed by atoms with Gasteiger partial charge in [0.05, 0.1) is 7.11 Å². The maximum atomic E-state index is 5.33. The third-order valence-electron chi connectivity index (χ3n) is 3.30. The normalized spacial score (nSPS) is 10.5. The van der Waals surface area contributed by atoms with Crippen LogP contribution >= 0.6 is 0 Å². The number of methoxy groups -OCH3 is 1. The summed E-state index contributed by atoms with van der Waals surface area (Å²) in [5, 5.41) is 3.46. The number of hydrogen-bond donors (Lipinski definition) is 1. The van der Waals surface area contributed by atoms with Crippen molar-refractivity contribution >= 4 is 0 Å². The van der Waals surface area contributed by atoms with Crippen molar-refractivity contribution in [1.82, 2.24) is 10.3 Å². The molecule has 106 valence electrons. The fraction of sp³-hybridized carbons (Fsp3) is 0.353. The van der Waals surface area contributed by atoms with Crippen LogP contribution in [0.25, 0.3) is 0 Å². The molecule has 0 atom stereocenters. The van der Waals surface area contributed by atoms with Gasteiger partial charge in [-0.3, -0.25) is 4.98 Å². The van der Waals surface area contributed by atoms with Gasteiger partial charge in [-0.2, -0.15) is 0 Å². The van der Waals surface area contributed by atoms with E-state index in [1.54, 1.807) is 7.11 Å². The molecule has 0 amide bonds. The lowest BCUT2D eigenvalue weighted by molar-refractivity contribution is 0.414. The zero-order valence-corrected chi connectivity index (χ0v) is 12.2. The second-order valence-corrected chi connectivity index (χ2v) is 4.84. The molecule has 1 N–H and O–H groups in total. The number of benzene rings is 1. The van der Waals surface area contributed by atoms with Gasteiger partial charge in [-0.1, -0.05) is 13.0 Å². The van der Waals surface area contributed by atoms with Crippen molar-refractivity contribution in [2.75, 3.05) is 13.7 Å². The minimum absolute atomic E-state index is 0.880. The average Bonchev–Trinajstić information content (AvgIpc) is 2.50. The summed E-state index contributed by atoms with van der Waals surface area (Å²) in [5.41, 5.74) is 3.91. The molecular formula is C17H22N2O. The van der Waals surface area contributed by atoms with E-state index in [0.717, 1.165) is 31.7 Å². The SMILES string of the molecule is CCCNCc1cc(OC)ccc1Cc1ccncc1. The van der Waals surface area contributed by atoms with Gasteiger partial charge in [0.15, 0.2) is 0 Å². The van der Waals surface area contributed by atoms with Crippen molar-refractivity contribution < 1.29 is 4.74 Å². The zero-order chi connectivity index (χ0) is 14.2. The van der Waals surface area contributed by atoms with Gasteiger partial charge >= 0.3 is 0 Å². The van der Waals surface area contributed by atoms with E-state index >= 15 is 0 Å². The van der Waals surface area contributed by atoms with E-state index in [9.17, 15) is 0 Å². The van der Waals surface area contributed by atoms with Crippen LogP contribution in [0, 0.1) is 0 Å². The fourth-order valence-corrected chi connectivity index (χ4v) is 2.19. The Bertz CT molecular complexity index is 526. The highest BCUT2D eigenvalue weighted by atomic mass is 16.5. The van der Waals surface area contributed by atoms with Gasteiger partial charge in [0.2, 0.25) is 0 Å². The summed E-state index contributed by atoms with van der Waals surface area (Å²) in [6.45, 7) is 4.09. The predicted molar refractivity (Wildman–Crippen MR) is 82.0 cm³/mol. The van der Waals surface area contributed by atoms with Crippen LogP contribution in [-0.2, 0) is 13.0 Å². The zero-order valence-electron chi connectivity index (χ0n) is 12.2. The summed E-state index contributed by atoms with van der Waals surface area (Å²) < 4.78 is 5.33. The van der Waals surface area contributed by atoms with E-state index in [0.29, 0.717) is 0 Å². The largest absolute Gasteiger partial charge is 0.497 e. The Hall–Kier alpha value is -1.87. The first-order chi connectivity index (χ1) is 9.83. The summed E-state index contributed by atoms with van der Waals surface area (Å²) in [6.07, 6.45) is 5.75. The lowest BCUT2D eigenvalue weighted by Crippen LogP contribution is -2.15. The van der Waals surface area contributed by atoms with Crippen molar-refractivity contribution in [3.05, 3.63) is 59.4 Å². The molecule has 0 saturated carbocycles. The van der Waals surface area contributed by atoms with Crippen molar-refractivity contribution in [1.29, 1.82) is 0 Å². The second kappa shape index (κ2) is 7.65. The van der Waals surface area contributed by atoms with Gasteiger partial charge in [-0.25, -0.2) is 0 Å². The molecule has 0 fully saturated rings. The number of pyridine rings is 1.